The summed E-state index contributed by atoms with van der Waals surface area (Å²) in [4.78, 5) is 29.0. The zero-order valence-electron chi connectivity index (χ0n) is 15.3. The molecule has 2 heterocycles. The Morgan fingerprint density at radius 2 is 2.00 bits per heavy atom. The highest BCUT2D eigenvalue weighted by Gasteiger charge is 2.38. The fourth-order valence-corrected chi connectivity index (χ4v) is 3.90. The molecule has 5 heteroatoms. The monoisotopic (exact) mass is 359 g/mol. The van der Waals surface area contributed by atoms with Crippen molar-refractivity contribution >= 4 is 17.5 Å². The number of carbonyl (C=O) groups is 2. The molecule has 1 fully saturated rings. The zero-order chi connectivity index (χ0) is 19.0. The standard InChI is InChI=1S/C22H21N3O2/c1-15-2-4-16(5-3-15)13-24-14-19(11-21(24)26)22(27)25-9-8-18-7-6-17(12-23)10-20(18)25/h2-7,10,19H,8-9,11,13-14H2,1H3/t19-/m0/s1. The Balaban J connectivity index is 1.48. The molecule has 2 aromatic rings. The minimum absolute atomic E-state index is 0.0106. The molecule has 2 aliphatic rings. The molecule has 1 saturated heterocycles. The number of nitriles is 1. The summed E-state index contributed by atoms with van der Waals surface area (Å²) in [6.07, 6.45) is 1.05. The molecule has 2 amide bonds. The largest absolute Gasteiger partial charge is 0.338 e. The van der Waals surface area contributed by atoms with Crippen molar-refractivity contribution in [1.29, 1.82) is 5.26 Å². The zero-order valence-corrected chi connectivity index (χ0v) is 15.3. The highest BCUT2D eigenvalue weighted by atomic mass is 16.2. The van der Waals surface area contributed by atoms with Crippen LogP contribution in [0, 0.1) is 24.2 Å². The molecule has 0 N–H and O–H groups in total. The maximum absolute atomic E-state index is 13.1. The van der Waals surface area contributed by atoms with Crippen molar-refractivity contribution in [2.24, 2.45) is 5.92 Å². The summed E-state index contributed by atoms with van der Waals surface area (Å²) in [5.74, 6) is -0.303. The average molecular weight is 359 g/mol. The van der Waals surface area contributed by atoms with Crippen molar-refractivity contribution in [3.63, 3.8) is 0 Å². The lowest BCUT2D eigenvalue weighted by Gasteiger charge is -2.22. The van der Waals surface area contributed by atoms with Crippen LogP contribution in [0.4, 0.5) is 5.69 Å². The van der Waals surface area contributed by atoms with Gasteiger partial charge in [-0.1, -0.05) is 35.9 Å². The Labute approximate surface area is 158 Å². The van der Waals surface area contributed by atoms with Crippen molar-refractivity contribution in [3.8, 4) is 6.07 Å². The first-order chi connectivity index (χ1) is 13.0. The Kier molecular flexibility index (Phi) is 4.41. The number of benzene rings is 2. The molecule has 0 unspecified atom stereocenters. The third-order valence-corrected chi connectivity index (χ3v) is 5.43. The summed E-state index contributed by atoms with van der Waals surface area (Å²) in [6, 6.07) is 15.7. The van der Waals surface area contributed by atoms with E-state index in [1.54, 1.807) is 21.9 Å². The van der Waals surface area contributed by atoms with Crippen LogP contribution in [0.3, 0.4) is 0 Å². The highest BCUT2D eigenvalue weighted by molar-refractivity contribution is 6.00. The number of fused-ring (bicyclic) bond motifs is 1. The first-order valence-electron chi connectivity index (χ1n) is 9.23. The van der Waals surface area contributed by atoms with E-state index in [4.69, 9.17) is 5.26 Å². The second-order valence-electron chi connectivity index (χ2n) is 7.36. The van der Waals surface area contributed by atoms with Crippen LogP contribution in [-0.4, -0.2) is 29.8 Å². The SMILES string of the molecule is Cc1ccc(CN2C[C@@H](C(=O)N3CCc4ccc(C#N)cc43)CC2=O)cc1. The van der Waals surface area contributed by atoms with Gasteiger partial charge >= 0.3 is 0 Å². The Morgan fingerprint density at radius 3 is 2.74 bits per heavy atom. The first-order valence-corrected chi connectivity index (χ1v) is 9.23. The van der Waals surface area contributed by atoms with Crippen LogP contribution in [0.5, 0.6) is 0 Å². The van der Waals surface area contributed by atoms with Crippen LogP contribution < -0.4 is 4.90 Å². The molecule has 1 atom stereocenters. The maximum Gasteiger partial charge on any atom is 0.232 e. The van der Waals surface area contributed by atoms with Gasteiger partial charge < -0.3 is 9.80 Å². The average Bonchev–Trinajstić information content (AvgIpc) is 3.26. The lowest BCUT2D eigenvalue weighted by molar-refractivity contribution is -0.128. The maximum atomic E-state index is 13.1. The molecular formula is C22H21N3O2. The van der Waals surface area contributed by atoms with E-state index in [2.05, 4.69) is 6.07 Å². The molecule has 0 aromatic heterocycles. The summed E-state index contributed by atoms with van der Waals surface area (Å²) < 4.78 is 0. The molecule has 5 nitrogen and oxygen atoms in total. The molecule has 0 saturated carbocycles. The Bertz CT molecular complexity index is 943. The van der Waals surface area contributed by atoms with E-state index >= 15 is 0 Å². The molecular weight excluding hydrogens is 338 g/mol. The van der Waals surface area contributed by atoms with Gasteiger partial charge in [0.15, 0.2) is 0 Å². The molecule has 0 aliphatic carbocycles. The van der Waals surface area contributed by atoms with Crippen LogP contribution in [0.15, 0.2) is 42.5 Å². The summed E-state index contributed by atoms with van der Waals surface area (Å²) in [5, 5.41) is 9.13. The Morgan fingerprint density at radius 1 is 1.22 bits per heavy atom. The molecule has 27 heavy (non-hydrogen) atoms. The van der Waals surface area contributed by atoms with Gasteiger partial charge in [0.05, 0.1) is 17.6 Å². The topological polar surface area (TPSA) is 64.4 Å². The summed E-state index contributed by atoms with van der Waals surface area (Å²) >= 11 is 0. The molecule has 2 aromatic carbocycles. The molecule has 4 rings (SSSR count). The van der Waals surface area contributed by atoms with E-state index in [-0.39, 0.29) is 24.2 Å². The van der Waals surface area contributed by atoms with Crippen LogP contribution in [0.1, 0.15) is 28.7 Å². The van der Waals surface area contributed by atoms with Crippen LogP contribution in [0.25, 0.3) is 0 Å². The summed E-state index contributed by atoms with van der Waals surface area (Å²) in [5.41, 5.74) is 4.72. The van der Waals surface area contributed by atoms with Gasteiger partial charge in [0.1, 0.15) is 0 Å². The lowest BCUT2D eigenvalue weighted by atomic mass is 10.1. The molecule has 2 aliphatic heterocycles. The van der Waals surface area contributed by atoms with Gasteiger partial charge in [0.2, 0.25) is 11.8 Å². The number of hydrogen-bond donors (Lipinski definition) is 0. The van der Waals surface area contributed by atoms with Crippen molar-refractivity contribution in [3.05, 3.63) is 64.7 Å². The van der Waals surface area contributed by atoms with Crippen LogP contribution in [-0.2, 0) is 22.6 Å². The normalized spacial score (nSPS) is 18.5. The van der Waals surface area contributed by atoms with E-state index in [0.29, 0.717) is 25.2 Å². The smallest absolute Gasteiger partial charge is 0.232 e. The number of likely N-dealkylation sites (tertiary alicyclic amines) is 1. The second kappa shape index (κ2) is 6.88. The quantitative estimate of drug-likeness (QED) is 0.846. The third-order valence-electron chi connectivity index (χ3n) is 5.43. The van der Waals surface area contributed by atoms with Gasteiger partial charge in [0, 0.05) is 31.7 Å². The fraction of sp³-hybridized carbons (Fsp3) is 0.318. The number of nitrogens with zero attached hydrogens (tertiary/aromatic N) is 3. The van der Waals surface area contributed by atoms with Crippen molar-refractivity contribution in [2.75, 3.05) is 18.0 Å². The minimum Gasteiger partial charge on any atom is -0.338 e. The molecule has 0 spiro atoms. The summed E-state index contributed by atoms with van der Waals surface area (Å²) in [7, 11) is 0. The second-order valence-corrected chi connectivity index (χ2v) is 7.36. The number of rotatable bonds is 3. The molecule has 136 valence electrons. The number of anilines is 1. The first kappa shape index (κ1) is 17.3. The molecule has 0 radical (unpaired) electrons. The third kappa shape index (κ3) is 3.31. The highest BCUT2D eigenvalue weighted by Crippen LogP contribution is 2.32. The summed E-state index contributed by atoms with van der Waals surface area (Å²) in [6.45, 7) is 3.64. The molecule has 0 bridgehead atoms. The predicted octanol–water partition coefficient (Wildman–Crippen LogP) is 2.80. The number of aryl methyl sites for hydroxylation is 1. The predicted molar refractivity (Wildman–Crippen MR) is 102 cm³/mol. The van der Waals surface area contributed by atoms with E-state index in [1.165, 1.54) is 5.56 Å². The van der Waals surface area contributed by atoms with E-state index in [9.17, 15) is 9.59 Å². The van der Waals surface area contributed by atoms with E-state index in [1.807, 2.05) is 37.3 Å². The number of amides is 2. The van der Waals surface area contributed by atoms with Gasteiger partial charge in [-0.05, 0) is 36.6 Å². The Hall–Kier alpha value is -3.13. The number of hydrogen-bond acceptors (Lipinski definition) is 3. The van der Waals surface area contributed by atoms with Crippen LogP contribution >= 0.6 is 0 Å². The van der Waals surface area contributed by atoms with Crippen molar-refractivity contribution < 1.29 is 9.59 Å². The van der Waals surface area contributed by atoms with Crippen molar-refractivity contribution in [1.82, 2.24) is 4.90 Å². The van der Waals surface area contributed by atoms with Gasteiger partial charge in [-0.25, -0.2) is 0 Å². The van der Waals surface area contributed by atoms with E-state index in [0.717, 1.165) is 23.2 Å². The van der Waals surface area contributed by atoms with Gasteiger partial charge in [-0.2, -0.15) is 5.26 Å². The fourth-order valence-electron chi connectivity index (χ4n) is 3.90. The van der Waals surface area contributed by atoms with E-state index < -0.39 is 0 Å². The lowest BCUT2D eigenvalue weighted by Crippen LogP contribution is -2.36. The van der Waals surface area contributed by atoms with Gasteiger partial charge in [-0.3, -0.25) is 9.59 Å². The van der Waals surface area contributed by atoms with Gasteiger partial charge in [-0.15, -0.1) is 0 Å². The van der Waals surface area contributed by atoms with Gasteiger partial charge in [0.25, 0.3) is 0 Å². The minimum atomic E-state index is -0.320. The van der Waals surface area contributed by atoms with Crippen LogP contribution in [0.2, 0.25) is 0 Å². The van der Waals surface area contributed by atoms with Crippen molar-refractivity contribution in [2.45, 2.75) is 26.3 Å². The number of carbonyl (C=O) groups excluding carboxylic acids is 2.